The molecule has 2 fully saturated rings. The number of pyridine rings is 1. The van der Waals surface area contributed by atoms with Crippen LogP contribution in [-0.4, -0.2) is 55.3 Å². The second-order valence-corrected chi connectivity index (χ2v) is 8.48. The van der Waals surface area contributed by atoms with Crippen molar-refractivity contribution in [1.82, 2.24) is 24.9 Å². The zero-order valence-corrected chi connectivity index (χ0v) is 17.9. The Hall–Kier alpha value is -3.55. The number of rotatable bonds is 6. The number of benzene rings is 1. The van der Waals surface area contributed by atoms with Gasteiger partial charge in [0.25, 0.3) is 5.91 Å². The summed E-state index contributed by atoms with van der Waals surface area (Å²) in [6.07, 6.45) is 8.16. The quantitative estimate of drug-likeness (QED) is 0.556. The van der Waals surface area contributed by atoms with E-state index in [1.807, 2.05) is 23.1 Å². The maximum atomic E-state index is 13.5. The molecule has 1 saturated heterocycles. The fraction of sp³-hybridized carbons (Fsp3) is 0.375. The molecular weight excluding hydrogens is 406 g/mol. The molecule has 2 aliphatic rings. The van der Waals surface area contributed by atoms with Crippen LogP contribution in [-0.2, 0) is 0 Å². The molecule has 2 unspecified atom stereocenters. The van der Waals surface area contributed by atoms with Gasteiger partial charge in [0.15, 0.2) is 5.78 Å². The standard InChI is InChI=1S/C24H25N5O3/c1-16-6-9-19(32-22-14-18(10-11-25-22)23(30)17-7-8-17)15-28(16)24(31)20-4-2-3-5-21(20)29-26-12-13-27-29/h2-5,10-14,16-17,19H,6-9,15H2,1H3. The van der Waals surface area contributed by atoms with E-state index >= 15 is 0 Å². The molecular formula is C24H25N5O3. The van der Waals surface area contributed by atoms with E-state index in [4.69, 9.17) is 4.74 Å². The summed E-state index contributed by atoms with van der Waals surface area (Å²) in [4.78, 5) is 33.5. The van der Waals surface area contributed by atoms with Crippen LogP contribution < -0.4 is 4.74 Å². The Labute approximate surface area is 186 Å². The van der Waals surface area contributed by atoms with Crippen molar-refractivity contribution in [1.29, 1.82) is 0 Å². The summed E-state index contributed by atoms with van der Waals surface area (Å²) in [6.45, 7) is 2.50. The first-order valence-electron chi connectivity index (χ1n) is 11.0. The van der Waals surface area contributed by atoms with Crippen LogP contribution in [0.1, 0.15) is 53.3 Å². The number of Topliss-reactive ketones (excluding diaryl/α,β-unsaturated/α-hetero) is 1. The monoisotopic (exact) mass is 431 g/mol. The van der Waals surface area contributed by atoms with Crippen LogP contribution in [0, 0.1) is 5.92 Å². The van der Waals surface area contributed by atoms with Gasteiger partial charge in [0.2, 0.25) is 5.88 Å². The Morgan fingerprint density at radius 2 is 1.78 bits per heavy atom. The first-order chi connectivity index (χ1) is 15.6. The summed E-state index contributed by atoms with van der Waals surface area (Å²) >= 11 is 0. The molecule has 1 saturated carbocycles. The molecule has 0 radical (unpaired) electrons. The molecule has 0 N–H and O–H groups in total. The minimum atomic E-state index is -0.191. The third kappa shape index (κ3) is 4.12. The third-order valence-corrected chi connectivity index (χ3v) is 6.12. The zero-order chi connectivity index (χ0) is 22.1. The van der Waals surface area contributed by atoms with Crippen LogP contribution in [0.3, 0.4) is 0 Å². The van der Waals surface area contributed by atoms with E-state index < -0.39 is 0 Å². The Morgan fingerprint density at radius 3 is 2.56 bits per heavy atom. The fourth-order valence-corrected chi connectivity index (χ4v) is 4.16. The number of aromatic nitrogens is 4. The number of carbonyl (C=O) groups excluding carboxylic acids is 2. The number of amides is 1. The van der Waals surface area contributed by atoms with Crippen LogP contribution in [0.25, 0.3) is 5.69 Å². The van der Waals surface area contributed by atoms with E-state index in [1.165, 1.54) is 4.80 Å². The van der Waals surface area contributed by atoms with E-state index in [9.17, 15) is 9.59 Å². The molecule has 8 heteroatoms. The number of carbonyl (C=O) groups is 2. The van der Waals surface area contributed by atoms with Crippen LogP contribution >= 0.6 is 0 Å². The van der Waals surface area contributed by atoms with Gasteiger partial charge in [-0.1, -0.05) is 12.1 Å². The van der Waals surface area contributed by atoms with Crippen LogP contribution in [0.2, 0.25) is 0 Å². The molecule has 1 aromatic carbocycles. The molecule has 2 aromatic heterocycles. The summed E-state index contributed by atoms with van der Waals surface area (Å²) in [5.74, 6) is 0.669. The van der Waals surface area contributed by atoms with Gasteiger partial charge in [-0.2, -0.15) is 15.0 Å². The number of nitrogens with zero attached hydrogens (tertiary/aromatic N) is 5. The van der Waals surface area contributed by atoms with E-state index in [-0.39, 0.29) is 29.8 Å². The summed E-state index contributed by atoms with van der Waals surface area (Å²) in [6, 6.07) is 10.9. The smallest absolute Gasteiger partial charge is 0.256 e. The Kier molecular flexibility index (Phi) is 5.43. The lowest BCUT2D eigenvalue weighted by atomic mass is 9.99. The second-order valence-electron chi connectivity index (χ2n) is 8.48. The molecule has 8 nitrogen and oxygen atoms in total. The lowest BCUT2D eigenvalue weighted by molar-refractivity contribution is 0.0372. The van der Waals surface area contributed by atoms with Crippen LogP contribution in [0.4, 0.5) is 0 Å². The summed E-state index contributed by atoms with van der Waals surface area (Å²) in [5.41, 5.74) is 1.84. The average molecular weight is 431 g/mol. The fourth-order valence-electron chi connectivity index (χ4n) is 4.16. The van der Waals surface area contributed by atoms with Gasteiger partial charge in [-0.15, -0.1) is 0 Å². The van der Waals surface area contributed by atoms with Crippen molar-refractivity contribution in [2.75, 3.05) is 6.54 Å². The van der Waals surface area contributed by atoms with Gasteiger partial charge >= 0.3 is 0 Å². The highest BCUT2D eigenvalue weighted by Gasteiger charge is 2.33. The number of hydrogen-bond acceptors (Lipinski definition) is 6. The van der Waals surface area contributed by atoms with Gasteiger partial charge in [-0.05, 0) is 50.8 Å². The van der Waals surface area contributed by atoms with E-state index in [2.05, 4.69) is 22.1 Å². The lowest BCUT2D eigenvalue weighted by Crippen LogP contribution is -2.49. The van der Waals surface area contributed by atoms with Crippen molar-refractivity contribution in [2.24, 2.45) is 5.92 Å². The maximum absolute atomic E-state index is 13.5. The highest BCUT2D eigenvalue weighted by molar-refractivity contribution is 5.99. The molecule has 5 rings (SSSR count). The van der Waals surface area contributed by atoms with Crippen molar-refractivity contribution in [3.8, 4) is 11.6 Å². The predicted octanol–water partition coefficient (Wildman–Crippen LogP) is 3.33. The van der Waals surface area contributed by atoms with Crippen molar-refractivity contribution in [3.05, 3.63) is 66.1 Å². The number of likely N-dealkylation sites (tertiary alicyclic amines) is 1. The second kappa shape index (κ2) is 8.53. The molecule has 3 heterocycles. The summed E-state index contributed by atoms with van der Waals surface area (Å²) < 4.78 is 6.13. The van der Waals surface area contributed by atoms with E-state index in [0.29, 0.717) is 29.2 Å². The van der Waals surface area contributed by atoms with E-state index in [0.717, 1.165) is 25.7 Å². The Morgan fingerprint density at radius 1 is 1.00 bits per heavy atom. The normalized spacial score (nSPS) is 20.7. The zero-order valence-electron chi connectivity index (χ0n) is 17.9. The molecule has 1 amide bonds. The number of piperidine rings is 1. The van der Waals surface area contributed by atoms with Crippen molar-refractivity contribution in [3.63, 3.8) is 0 Å². The van der Waals surface area contributed by atoms with Gasteiger partial charge in [-0.25, -0.2) is 4.98 Å². The van der Waals surface area contributed by atoms with Gasteiger partial charge in [-0.3, -0.25) is 9.59 Å². The molecule has 2 atom stereocenters. The van der Waals surface area contributed by atoms with Crippen molar-refractivity contribution >= 4 is 11.7 Å². The van der Waals surface area contributed by atoms with Crippen LogP contribution in [0.15, 0.2) is 55.0 Å². The van der Waals surface area contributed by atoms with Gasteiger partial charge in [0.05, 0.1) is 30.2 Å². The molecule has 1 aliphatic carbocycles. The predicted molar refractivity (Wildman–Crippen MR) is 117 cm³/mol. The first-order valence-corrected chi connectivity index (χ1v) is 11.0. The lowest BCUT2D eigenvalue weighted by Gasteiger charge is -2.38. The molecule has 1 aliphatic heterocycles. The van der Waals surface area contributed by atoms with Gasteiger partial charge in [0, 0.05) is 29.8 Å². The molecule has 3 aromatic rings. The van der Waals surface area contributed by atoms with Gasteiger partial charge < -0.3 is 9.64 Å². The van der Waals surface area contributed by atoms with Crippen molar-refractivity contribution < 1.29 is 14.3 Å². The minimum Gasteiger partial charge on any atom is -0.472 e. The van der Waals surface area contributed by atoms with Crippen LogP contribution in [0.5, 0.6) is 5.88 Å². The topological polar surface area (TPSA) is 90.2 Å². The first kappa shape index (κ1) is 20.4. The summed E-state index contributed by atoms with van der Waals surface area (Å²) in [5, 5.41) is 8.36. The largest absolute Gasteiger partial charge is 0.472 e. The average Bonchev–Trinajstić information content (AvgIpc) is 3.53. The minimum absolute atomic E-state index is 0.0793. The maximum Gasteiger partial charge on any atom is 0.256 e. The summed E-state index contributed by atoms with van der Waals surface area (Å²) in [7, 11) is 0. The van der Waals surface area contributed by atoms with Gasteiger partial charge in [0.1, 0.15) is 6.10 Å². The molecule has 164 valence electrons. The number of para-hydroxylation sites is 1. The SMILES string of the molecule is CC1CCC(Oc2cc(C(=O)C3CC3)ccn2)CN1C(=O)c1ccccc1-n1nccn1. The highest BCUT2D eigenvalue weighted by Crippen LogP contribution is 2.33. The van der Waals surface area contributed by atoms with Crippen molar-refractivity contribution in [2.45, 2.75) is 44.8 Å². The molecule has 0 spiro atoms. The Bertz CT molecular complexity index is 1130. The molecule has 0 bridgehead atoms. The molecule has 32 heavy (non-hydrogen) atoms. The number of hydrogen-bond donors (Lipinski definition) is 0. The number of ketones is 1. The Balaban J connectivity index is 1.33. The number of ether oxygens (including phenoxy) is 1. The third-order valence-electron chi connectivity index (χ3n) is 6.12. The van der Waals surface area contributed by atoms with E-state index in [1.54, 1.807) is 36.8 Å². The highest BCUT2D eigenvalue weighted by atomic mass is 16.5.